The molecule has 1 unspecified atom stereocenters. The first-order valence-electron chi connectivity index (χ1n) is 8.71. The number of hydroxylamine groups is 1. The second kappa shape index (κ2) is 11.0. The number of benzene rings is 1. The monoisotopic (exact) mass is 498 g/mol. The van der Waals surface area contributed by atoms with Crippen molar-refractivity contribution in [3.05, 3.63) is 40.4 Å². The number of aliphatic imine (C=N–C) groups is 1. The number of amidine groups is 1. The van der Waals surface area contributed by atoms with Crippen molar-refractivity contribution in [2.75, 3.05) is 0 Å². The van der Waals surface area contributed by atoms with Gasteiger partial charge in [-0.25, -0.2) is 18.8 Å². The minimum atomic E-state index is -5.08. The molecule has 0 radical (unpaired) electrons. The predicted molar refractivity (Wildman–Crippen MR) is 105 cm³/mol. The lowest BCUT2D eigenvalue weighted by molar-refractivity contribution is -0.192. The number of aromatic nitrogens is 2. The van der Waals surface area contributed by atoms with Crippen LogP contribution in [0.2, 0.25) is 5.02 Å². The largest absolute Gasteiger partial charge is 0.490 e. The molecular formula is C17H19ClF4N6O5. The Bertz CT molecular complexity index is 1020. The van der Waals surface area contributed by atoms with Crippen molar-refractivity contribution >= 4 is 35.0 Å². The second-order valence-corrected chi connectivity index (χ2v) is 7.60. The number of aliphatic carboxylic acids is 1. The lowest BCUT2D eigenvalue weighted by Crippen LogP contribution is -2.45. The number of alkyl halides is 3. The summed E-state index contributed by atoms with van der Waals surface area (Å²) in [6.45, 7) is 5.38. The quantitative estimate of drug-likeness (QED) is 0.183. The molecule has 2 rings (SSSR count). The number of carboxylic acids is 1. The summed E-state index contributed by atoms with van der Waals surface area (Å²) >= 11 is 5.70. The molecule has 6 N–H and O–H groups in total. The fourth-order valence-electron chi connectivity index (χ4n) is 1.95. The first-order chi connectivity index (χ1) is 15.1. The SMILES string of the molecule is CC(C)(C)NC(=O)C(N)c1nonc1C(=Nc1ccc(F)c(Cl)c1)NO.O=C(O)C(F)(F)F. The molecule has 0 saturated heterocycles. The number of carbonyl (C=O) groups excluding carboxylic acids is 1. The third-order valence-corrected chi connectivity index (χ3v) is 3.60. The van der Waals surface area contributed by atoms with Gasteiger partial charge in [-0.2, -0.15) is 13.2 Å². The van der Waals surface area contributed by atoms with Crippen molar-refractivity contribution in [1.82, 2.24) is 21.1 Å². The number of carboxylic acid groups (broad SMARTS) is 1. The summed E-state index contributed by atoms with van der Waals surface area (Å²) in [6.07, 6.45) is -5.08. The highest BCUT2D eigenvalue weighted by atomic mass is 35.5. The minimum Gasteiger partial charge on any atom is -0.475 e. The smallest absolute Gasteiger partial charge is 0.475 e. The van der Waals surface area contributed by atoms with E-state index in [9.17, 15) is 27.6 Å². The van der Waals surface area contributed by atoms with Crippen molar-refractivity contribution in [2.45, 2.75) is 38.5 Å². The van der Waals surface area contributed by atoms with E-state index in [-0.39, 0.29) is 27.9 Å². The summed E-state index contributed by atoms with van der Waals surface area (Å²) in [5, 5.41) is 26.3. The number of halogens is 5. The maximum absolute atomic E-state index is 13.2. The summed E-state index contributed by atoms with van der Waals surface area (Å²) in [6, 6.07) is 2.47. The minimum absolute atomic E-state index is 0.0414. The fourth-order valence-corrected chi connectivity index (χ4v) is 2.12. The van der Waals surface area contributed by atoms with Gasteiger partial charge in [0.2, 0.25) is 5.91 Å². The summed E-state index contributed by atoms with van der Waals surface area (Å²) in [4.78, 5) is 25.2. The zero-order valence-electron chi connectivity index (χ0n) is 17.2. The molecule has 0 saturated carbocycles. The molecule has 2 aromatic rings. The lowest BCUT2D eigenvalue weighted by Gasteiger charge is -2.22. The zero-order valence-corrected chi connectivity index (χ0v) is 18.0. The van der Waals surface area contributed by atoms with E-state index < -0.39 is 35.5 Å². The molecule has 0 spiro atoms. The maximum Gasteiger partial charge on any atom is 0.490 e. The highest BCUT2D eigenvalue weighted by molar-refractivity contribution is 6.31. The molecular weight excluding hydrogens is 480 g/mol. The lowest BCUT2D eigenvalue weighted by atomic mass is 10.1. The molecule has 0 aliphatic heterocycles. The normalized spacial score (nSPS) is 13.0. The molecule has 0 aliphatic carbocycles. The van der Waals surface area contributed by atoms with E-state index in [1.165, 1.54) is 12.1 Å². The summed E-state index contributed by atoms with van der Waals surface area (Å²) < 4.78 is 49.6. The standard InChI is InChI=1S/C15H18ClFN6O3.C2HF3O2/c1-15(2,3)20-14(24)10(18)11-12(23-26-22-11)13(21-25)19-7-4-5-9(17)8(16)6-7;3-2(4,5)1(6)7/h4-6,10,25H,18H2,1-3H3,(H,19,21)(H,20,24);(H,6,7). The number of hydrogen-bond donors (Lipinski definition) is 5. The van der Waals surface area contributed by atoms with Gasteiger partial charge in [0.25, 0.3) is 0 Å². The van der Waals surface area contributed by atoms with Crippen molar-refractivity contribution < 1.29 is 42.1 Å². The van der Waals surface area contributed by atoms with Gasteiger partial charge in [0.1, 0.15) is 17.6 Å². The van der Waals surface area contributed by atoms with Gasteiger partial charge >= 0.3 is 12.1 Å². The van der Waals surface area contributed by atoms with Crippen LogP contribution in [0.1, 0.15) is 38.2 Å². The van der Waals surface area contributed by atoms with Crippen LogP contribution >= 0.6 is 11.6 Å². The number of amides is 1. The Morgan fingerprint density at radius 2 is 1.82 bits per heavy atom. The number of carbonyl (C=O) groups is 2. The highest BCUT2D eigenvalue weighted by Crippen LogP contribution is 2.23. The van der Waals surface area contributed by atoms with Gasteiger partial charge in [-0.15, -0.1) is 0 Å². The summed E-state index contributed by atoms with van der Waals surface area (Å²) in [7, 11) is 0. The van der Waals surface area contributed by atoms with Crippen LogP contribution in [0.3, 0.4) is 0 Å². The average molecular weight is 499 g/mol. The first-order valence-corrected chi connectivity index (χ1v) is 9.09. The van der Waals surface area contributed by atoms with E-state index in [4.69, 9.17) is 27.2 Å². The number of nitrogens with one attached hydrogen (secondary N) is 2. The zero-order chi connectivity index (χ0) is 25.6. The van der Waals surface area contributed by atoms with E-state index in [2.05, 4.69) is 25.3 Å². The highest BCUT2D eigenvalue weighted by Gasteiger charge is 2.38. The molecule has 0 bridgehead atoms. The van der Waals surface area contributed by atoms with Crippen molar-refractivity contribution in [2.24, 2.45) is 10.7 Å². The number of nitrogens with zero attached hydrogens (tertiary/aromatic N) is 3. The molecule has 11 nitrogen and oxygen atoms in total. The Labute approximate surface area is 188 Å². The van der Waals surface area contributed by atoms with Crippen molar-refractivity contribution in [3.8, 4) is 0 Å². The molecule has 1 heterocycles. The van der Waals surface area contributed by atoms with Gasteiger partial charge in [-0.05, 0) is 44.1 Å². The fraction of sp³-hybridized carbons (Fsp3) is 0.353. The van der Waals surface area contributed by atoms with Gasteiger partial charge in [0.15, 0.2) is 11.5 Å². The Morgan fingerprint density at radius 3 is 2.27 bits per heavy atom. The van der Waals surface area contributed by atoms with Gasteiger partial charge in [-0.3, -0.25) is 15.5 Å². The maximum atomic E-state index is 13.2. The van der Waals surface area contributed by atoms with Crippen LogP contribution in [0.25, 0.3) is 0 Å². The topological polar surface area (TPSA) is 176 Å². The molecule has 33 heavy (non-hydrogen) atoms. The molecule has 182 valence electrons. The Morgan fingerprint density at radius 1 is 1.24 bits per heavy atom. The number of rotatable bonds is 4. The van der Waals surface area contributed by atoms with Crippen molar-refractivity contribution in [3.63, 3.8) is 0 Å². The summed E-state index contributed by atoms with van der Waals surface area (Å²) in [5.74, 6) is -4.10. The van der Waals surface area contributed by atoms with Crippen molar-refractivity contribution in [1.29, 1.82) is 0 Å². The third-order valence-electron chi connectivity index (χ3n) is 3.31. The Balaban J connectivity index is 0.000000675. The molecule has 1 aromatic heterocycles. The Kier molecular flexibility index (Phi) is 9.26. The van der Waals surface area contributed by atoms with Crippen LogP contribution in [0.4, 0.5) is 23.2 Å². The predicted octanol–water partition coefficient (Wildman–Crippen LogP) is 2.47. The van der Waals surface area contributed by atoms with Crippen LogP contribution in [-0.4, -0.2) is 50.1 Å². The van der Waals surface area contributed by atoms with Crippen LogP contribution in [0.15, 0.2) is 27.8 Å². The van der Waals surface area contributed by atoms with E-state index in [0.29, 0.717) is 0 Å². The van der Waals surface area contributed by atoms with Gasteiger partial charge in [0.05, 0.1) is 10.7 Å². The van der Waals surface area contributed by atoms with E-state index in [0.717, 1.165) is 6.07 Å². The van der Waals surface area contributed by atoms with Gasteiger partial charge in [-0.1, -0.05) is 16.8 Å². The third kappa shape index (κ3) is 8.63. The number of hydrogen-bond acceptors (Lipinski definition) is 8. The molecule has 0 fully saturated rings. The van der Waals surface area contributed by atoms with Crippen LogP contribution in [0, 0.1) is 5.82 Å². The Hall–Kier alpha value is -3.30. The van der Waals surface area contributed by atoms with E-state index in [1.807, 2.05) is 5.48 Å². The van der Waals surface area contributed by atoms with Gasteiger partial charge < -0.3 is 16.2 Å². The average Bonchev–Trinajstić information content (AvgIpc) is 3.16. The van der Waals surface area contributed by atoms with E-state index >= 15 is 0 Å². The van der Waals surface area contributed by atoms with Crippen LogP contribution < -0.4 is 16.5 Å². The van der Waals surface area contributed by atoms with Crippen LogP contribution in [-0.2, 0) is 9.59 Å². The van der Waals surface area contributed by atoms with Crippen LogP contribution in [0.5, 0.6) is 0 Å². The van der Waals surface area contributed by atoms with E-state index in [1.54, 1.807) is 20.8 Å². The molecule has 1 amide bonds. The van der Waals surface area contributed by atoms with Gasteiger partial charge in [0, 0.05) is 5.54 Å². The second-order valence-electron chi connectivity index (χ2n) is 7.19. The molecule has 1 atom stereocenters. The number of nitrogens with two attached hydrogens (primary N) is 1. The molecule has 1 aromatic carbocycles. The molecule has 16 heteroatoms. The summed E-state index contributed by atoms with van der Waals surface area (Å²) in [5.41, 5.74) is 7.33. The molecule has 0 aliphatic rings. The first kappa shape index (κ1) is 27.7.